The Morgan fingerprint density at radius 1 is 0.958 bits per heavy atom. The smallest absolute Gasteiger partial charge is 0.0958 e. The summed E-state index contributed by atoms with van der Waals surface area (Å²) in [6, 6.07) is 18.5. The largest absolute Gasteiger partial charge is 0.316 e. The van der Waals surface area contributed by atoms with Crippen molar-refractivity contribution in [1.82, 2.24) is 15.1 Å². The van der Waals surface area contributed by atoms with E-state index in [-0.39, 0.29) is 0 Å². The molecule has 0 atom stereocenters. The van der Waals surface area contributed by atoms with Crippen LogP contribution < -0.4 is 5.32 Å². The Balaban J connectivity index is 1.76. The summed E-state index contributed by atoms with van der Waals surface area (Å²) in [6.45, 7) is 2.80. The van der Waals surface area contributed by atoms with Crippen molar-refractivity contribution in [2.45, 2.75) is 19.4 Å². The lowest BCUT2D eigenvalue weighted by molar-refractivity contribution is 0.628. The van der Waals surface area contributed by atoms with Crippen molar-refractivity contribution < 1.29 is 0 Å². The van der Waals surface area contributed by atoms with Gasteiger partial charge in [-0.05, 0) is 30.7 Å². The van der Waals surface area contributed by atoms with Gasteiger partial charge in [0.15, 0.2) is 0 Å². The molecule has 122 valence electrons. The monoisotopic (exact) mass is 337 g/mol. The predicted octanol–water partition coefficient (Wildman–Crippen LogP) is 3.94. The molecule has 1 aliphatic rings. The van der Waals surface area contributed by atoms with E-state index in [0.29, 0.717) is 0 Å². The van der Waals surface area contributed by atoms with Crippen LogP contribution in [0.15, 0.2) is 54.6 Å². The maximum atomic E-state index is 6.01. The van der Waals surface area contributed by atoms with Crippen LogP contribution in [0.2, 0.25) is 5.02 Å². The highest BCUT2D eigenvalue weighted by Crippen LogP contribution is 2.28. The molecule has 0 saturated heterocycles. The molecule has 0 fully saturated rings. The van der Waals surface area contributed by atoms with Gasteiger partial charge in [0.2, 0.25) is 0 Å². The molecule has 4 rings (SSSR count). The van der Waals surface area contributed by atoms with Crippen molar-refractivity contribution in [3.63, 3.8) is 0 Å². The van der Waals surface area contributed by atoms with Crippen LogP contribution in [0.25, 0.3) is 11.3 Å². The van der Waals surface area contributed by atoms with Gasteiger partial charge in [-0.1, -0.05) is 54.1 Å². The summed E-state index contributed by atoms with van der Waals surface area (Å²) in [6.07, 6.45) is 2.04. The van der Waals surface area contributed by atoms with Gasteiger partial charge in [0.25, 0.3) is 0 Å². The lowest BCUT2D eigenvalue weighted by Gasteiger charge is -2.07. The summed E-state index contributed by atoms with van der Waals surface area (Å²) in [5.41, 5.74) is 6.30. The summed E-state index contributed by atoms with van der Waals surface area (Å²) in [5.74, 6) is 0. The molecule has 0 amide bonds. The van der Waals surface area contributed by atoms with Crippen molar-refractivity contribution in [3.05, 3.63) is 76.4 Å². The minimum Gasteiger partial charge on any atom is -0.316 e. The van der Waals surface area contributed by atoms with Crippen LogP contribution in [-0.2, 0) is 19.4 Å². The van der Waals surface area contributed by atoms with Crippen molar-refractivity contribution in [2.24, 2.45) is 0 Å². The van der Waals surface area contributed by atoms with Crippen LogP contribution in [0.3, 0.4) is 0 Å². The second-order valence-corrected chi connectivity index (χ2v) is 6.61. The molecule has 0 unspecified atom stereocenters. The van der Waals surface area contributed by atoms with Gasteiger partial charge in [0.1, 0.15) is 0 Å². The minimum absolute atomic E-state index is 0.771. The van der Waals surface area contributed by atoms with E-state index in [1.807, 2.05) is 12.1 Å². The van der Waals surface area contributed by atoms with Gasteiger partial charge >= 0.3 is 0 Å². The van der Waals surface area contributed by atoms with Crippen molar-refractivity contribution in [2.75, 3.05) is 13.1 Å². The second kappa shape index (κ2) is 6.80. The third-order valence-electron chi connectivity index (χ3n) is 4.55. The summed E-state index contributed by atoms with van der Waals surface area (Å²) in [7, 11) is 0. The van der Waals surface area contributed by atoms with Crippen LogP contribution in [0.1, 0.15) is 16.8 Å². The SMILES string of the molecule is Clc1ccc(Cn2nc(-c3ccccc3)c3c2CCNCC3)cc1. The summed E-state index contributed by atoms with van der Waals surface area (Å²) < 4.78 is 2.17. The van der Waals surface area contributed by atoms with E-state index < -0.39 is 0 Å². The first-order valence-corrected chi connectivity index (χ1v) is 8.78. The number of aromatic nitrogens is 2. The standard InChI is InChI=1S/C20H20ClN3/c21-17-8-6-15(7-9-17)14-24-19-11-13-22-12-10-18(19)20(23-24)16-4-2-1-3-5-16/h1-9,22H,10-14H2. The molecule has 1 aromatic heterocycles. The average Bonchev–Trinajstić information content (AvgIpc) is 2.80. The Morgan fingerprint density at radius 2 is 1.71 bits per heavy atom. The number of hydrogen-bond donors (Lipinski definition) is 1. The van der Waals surface area contributed by atoms with Crippen LogP contribution in [-0.4, -0.2) is 22.9 Å². The van der Waals surface area contributed by atoms with E-state index in [1.54, 1.807) is 0 Å². The highest BCUT2D eigenvalue weighted by Gasteiger charge is 2.20. The number of hydrogen-bond acceptors (Lipinski definition) is 2. The fraction of sp³-hybridized carbons (Fsp3) is 0.250. The molecule has 4 heteroatoms. The van der Waals surface area contributed by atoms with E-state index in [4.69, 9.17) is 16.7 Å². The Bertz CT molecular complexity index is 822. The average molecular weight is 338 g/mol. The lowest BCUT2D eigenvalue weighted by Crippen LogP contribution is -2.17. The van der Waals surface area contributed by atoms with E-state index in [1.165, 1.54) is 22.4 Å². The molecule has 0 saturated carbocycles. The number of nitrogens with zero attached hydrogens (tertiary/aromatic N) is 2. The molecule has 0 radical (unpaired) electrons. The molecular weight excluding hydrogens is 318 g/mol. The fourth-order valence-electron chi connectivity index (χ4n) is 3.34. The Morgan fingerprint density at radius 3 is 2.50 bits per heavy atom. The second-order valence-electron chi connectivity index (χ2n) is 6.17. The molecule has 2 heterocycles. The van der Waals surface area contributed by atoms with Gasteiger partial charge in [0.05, 0.1) is 12.2 Å². The molecule has 0 bridgehead atoms. The molecule has 24 heavy (non-hydrogen) atoms. The third-order valence-corrected chi connectivity index (χ3v) is 4.80. The van der Waals surface area contributed by atoms with Crippen molar-refractivity contribution in [1.29, 1.82) is 0 Å². The Kier molecular flexibility index (Phi) is 4.37. The molecule has 3 aromatic rings. The van der Waals surface area contributed by atoms with Gasteiger partial charge in [-0.25, -0.2) is 0 Å². The van der Waals surface area contributed by atoms with E-state index >= 15 is 0 Å². The van der Waals surface area contributed by atoms with Gasteiger partial charge in [-0.3, -0.25) is 4.68 Å². The maximum Gasteiger partial charge on any atom is 0.0958 e. The quantitative estimate of drug-likeness (QED) is 0.784. The van der Waals surface area contributed by atoms with Crippen LogP contribution >= 0.6 is 11.6 Å². The minimum atomic E-state index is 0.771. The summed E-state index contributed by atoms with van der Waals surface area (Å²) in [5, 5.41) is 9.25. The van der Waals surface area contributed by atoms with Gasteiger partial charge < -0.3 is 5.32 Å². The number of fused-ring (bicyclic) bond motifs is 1. The number of halogens is 1. The zero-order chi connectivity index (χ0) is 16.4. The van der Waals surface area contributed by atoms with Crippen molar-refractivity contribution >= 4 is 11.6 Å². The first-order chi connectivity index (χ1) is 11.8. The van der Waals surface area contributed by atoms with Crippen LogP contribution in [0.5, 0.6) is 0 Å². The number of rotatable bonds is 3. The molecule has 0 aliphatic carbocycles. The van der Waals surface area contributed by atoms with Gasteiger partial charge in [-0.2, -0.15) is 5.10 Å². The Hall–Kier alpha value is -2.10. The van der Waals surface area contributed by atoms with E-state index in [0.717, 1.165) is 43.2 Å². The molecule has 2 aromatic carbocycles. The first kappa shape index (κ1) is 15.4. The number of benzene rings is 2. The zero-order valence-electron chi connectivity index (χ0n) is 13.5. The van der Waals surface area contributed by atoms with E-state index in [2.05, 4.69) is 52.5 Å². The molecule has 1 aliphatic heterocycles. The summed E-state index contributed by atoms with van der Waals surface area (Å²) in [4.78, 5) is 0. The maximum absolute atomic E-state index is 6.01. The Labute approximate surface area is 147 Å². The number of nitrogens with one attached hydrogen (secondary N) is 1. The highest BCUT2D eigenvalue weighted by atomic mass is 35.5. The fourth-order valence-corrected chi connectivity index (χ4v) is 3.47. The molecular formula is C20H20ClN3. The van der Waals surface area contributed by atoms with Gasteiger partial charge in [-0.15, -0.1) is 0 Å². The highest BCUT2D eigenvalue weighted by molar-refractivity contribution is 6.30. The van der Waals surface area contributed by atoms with Crippen LogP contribution in [0, 0.1) is 0 Å². The molecule has 3 nitrogen and oxygen atoms in total. The van der Waals surface area contributed by atoms with Crippen LogP contribution in [0.4, 0.5) is 0 Å². The van der Waals surface area contributed by atoms with Crippen molar-refractivity contribution in [3.8, 4) is 11.3 Å². The molecule has 1 N–H and O–H groups in total. The summed E-state index contributed by atoms with van der Waals surface area (Å²) >= 11 is 6.01. The lowest BCUT2D eigenvalue weighted by atomic mass is 10.0. The zero-order valence-corrected chi connectivity index (χ0v) is 14.3. The first-order valence-electron chi connectivity index (χ1n) is 8.40. The predicted molar refractivity (Wildman–Crippen MR) is 98.5 cm³/mol. The normalized spacial score (nSPS) is 14.2. The third kappa shape index (κ3) is 3.10. The topological polar surface area (TPSA) is 29.9 Å². The van der Waals surface area contributed by atoms with Gasteiger partial charge in [0, 0.05) is 34.8 Å². The van der Waals surface area contributed by atoms with E-state index in [9.17, 15) is 0 Å². The molecule has 0 spiro atoms.